The molecule has 2 aromatic rings. The fourth-order valence-electron chi connectivity index (χ4n) is 7.15. The van der Waals surface area contributed by atoms with Crippen LogP contribution in [0.2, 0.25) is 0 Å². The van der Waals surface area contributed by atoms with Crippen LogP contribution in [-0.2, 0) is 4.74 Å². The van der Waals surface area contributed by atoms with E-state index in [4.69, 9.17) is 4.74 Å². The number of piperidine rings is 2. The number of carbonyl (C=O) groups is 1. The van der Waals surface area contributed by atoms with Crippen LogP contribution in [0.5, 0.6) is 0 Å². The minimum atomic E-state index is -0.640. The van der Waals surface area contributed by atoms with Crippen molar-refractivity contribution in [1.29, 1.82) is 0 Å². The van der Waals surface area contributed by atoms with Crippen molar-refractivity contribution >= 4 is 6.09 Å². The van der Waals surface area contributed by atoms with Crippen LogP contribution in [0.4, 0.5) is 4.79 Å². The van der Waals surface area contributed by atoms with Crippen LogP contribution in [0.1, 0.15) is 101 Å². The van der Waals surface area contributed by atoms with Crippen LogP contribution in [0.25, 0.3) is 11.1 Å². The summed E-state index contributed by atoms with van der Waals surface area (Å²) in [7, 11) is 0. The second-order valence-electron chi connectivity index (χ2n) is 11.5. The molecule has 198 valence electrons. The standard InChI is InChI=1S/C33H43NO3/c1-2-3-4-5-6-7-8-13-21-33(36)22-25-15-14-16-26(23-33)34(25)32(35)37-24-31-29-19-11-9-17-27(29)28-18-10-12-20-30(28)31/h2,9-12,17-20,25-26,31,36H,1,3-8,13-16,21-24H2. The van der Waals surface area contributed by atoms with Crippen LogP contribution in [0.3, 0.4) is 0 Å². The van der Waals surface area contributed by atoms with Gasteiger partial charge in [0.05, 0.1) is 5.60 Å². The van der Waals surface area contributed by atoms with Crippen molar-refractivity contribution < 1.29 is 14.6 Å². The SMILES string of the molecule is C=CCCCCCCCCC1(O)CC2CCCC(C1)N2C(=O)OCC1c2ccccc2-c2ccccc21. The second kappa shape index (κ2) is 11.9. The van der Waals surface area contributed by atoms with E-state index in [-0.39, 0.29) is 24.1 Å². The first kappa shape index (κ1) is 26.0. The smallest absolute Gasteiger partial charge is 0.410 e. The van der Waals surface area contributed by atoms with Gasteiger partial charge in [-0.25, -0.2) is 4.79 Å². The number of hydrogen-bond acceptors (Lipinski definition) is 3. The van der Waals surface area contributed by atoms with Gasteiger partial charge in [0.2, 0.25) is 0 Å². The maximum absolute atomic E-state index is 13.4. The first-order chi connectivity index (χ1) is 18.1. The predicted molar refractivity (Wildman–Crippen MR) is 150 cm³/mol. The Morgan fingerprint density at radius 1 is 0.919 bits per heavy atom. The number of hydrogen-bond donors (Lipinski definition) is 1. The van der Waals surface area contributed by atoms with Crippen molar-refractivity contribution in [3.05, 3.63) is 72.3 Å². The van der Waals surface area contributed by atoms with Gasteiger partial charge in [0, 0.05) is 18.0 Å². The number of fused-ring (bicyclic) bond motifs is 5. The molecule has 5 rings (SSSR count). The molecular formula is C33H43NO3. The summed E-state index contributed by atoms with van der Waals surface area (Å²) in [5, 5.41) is 11.5. The summed E-state index contributed by atoms with van der Waals surface area (Å²) >= 11 is 0. The molecule has 1 N–H and O–H groups in total. The molecule has 2 aliphatic heterocycles. The Morgan fingerprint density at radius 3 is 2.11 bits per heavy atom. The molecule has 2 atom stereocenters. The third-order valence-corrected chi connectivity index (χ3v) is 8.94. The van der Waals surface area contributed by atoms with E-state index in [0.29, 0.717) is 19.4 Å². The van der Waals surface area contributed by atoms with E-state index >= 15 is 0 Å². The normalized spacial score (nSPS) is 24.4. The van der Waals surface area contributed by atoms with E-state index < -0.39 is 5.60 Å². The number of ether oxygens (including phenoxy) is 1. The summed E-state index contributed by atoms with van der Waals surface area (Å²) in [5.41, 5.74) is 4.33. The predicted octanol–water partition coefficient (Wildman–Crippen LogP) is 7.99. The molecule has 2 aromatic carbocycles. The minimum Gasteiger partial charge on any atom is -0.448 e. The third kappa shape index (κ3) is 5.80. The topological polar surface area (TPSA) is 49.8 Å². The van der Waals surface area contributed by atoms with Crippen LogP contribution < -0.4 is 0 Å². The maximum atomic E-state index is 13.4. The molecule has 37 heavy (non-hydrogen) atoms. The van der Waals surface area contributed by atoms with E-state index in [1.54, 1.807) is 0 Å². The van der Waals surface area contributed by atoms with Gasteiger partial charge in [-0.1, -0.05) is 86.7 Å². The molecule has 4 heteroatoms. The highest BCUT2D eigenvalue weighted by Gasteiger charge is 2.47. The highest BCUT2D eigenvalue weighted by Crippen LogP contribution is 2.45. The molecule has 2 bridgehead atoms. The average Bonchev–Trinajstić information content (AvgIpc) is 3.22. The van der Waals surface area contributed by atoms with Crippen LogP contribution in [0.15, 0.2) is 61.2 Å². The zero-order chi connectivity index (χ0) is 25.7. The van der Waals surface area contributed by atoms with E-state index in [1.165, 1.54) is 54.4 Å². The fraction of sp³-hybridized carbons (Fsp3) is 0.545. The van der Waals surface area contributed by atoms with Gasteiger partial charge in [-0.15, -0.1) is 6.58 Å². The Morgan fingerprint density at radius 2 is 1.49 bits per heavy atom. The lowest BCUT2D eigenvalue weighted by atomic mass is 9.73. The Labute approximate surface area is 222 Å². The van der Waals surface area contributed by atoms with Crippen molar-refractivity contribution in [3.63, 3.8) is 0 Å². The summed E-state index contributed by atoms with van der Waals surface area (Å²) in [6.07, 6.45) is 15.5. The monoisotopic (exact) mass is 501 g/mol. The van der Waals surface area contributed by atoms with Gasteiger partial charge >= 0.3 is 6.09 Å². The lowest BCUT2D eigenvalue weighted by molar-refractivity contribution is -0.0894. The number of rotatable bonds is 11. The van der Waals surface area contributed by atoms with Crippen molar-refractivity contribution in [2.24, 2.45) is 0 Å². The number of nitrogens with zero attached hydrogens (tertiary/aromatic N) is 1. The van der Waals surface area contributed by atoms with Crippen molar-refractivity contribution in [2.75, 3.05) is 6.61 Å². The highest BCUT2D eigenvalue weighted by atomic mass is 16.6. The molecule has 1 aliphatic carbocycles. The third-order valence-electron chi connectivity index (χ3n) is 8.94. The number of allylic oxidation sites excluding steroid dienone is 1. The van der Waals surface area contributed by atoms with E-state index in [0.717, 1.165) is 38.5 Å². The quantitative estimate of drug-likeness (QED) is 0.251. The van der Waals surface area contributed by atoms with Crippen molar-refractivity contribution in [2.45, 2.75) is 107 Å². The van der Waals surface area contributed by atoms with Crippen LogP contribution in [0, 0.1) is 0 Å². The van der Waals surface area contributed by atoms with E-state index in [1.807, 2.05) is 11.0 Å². The van der Waals surface area contributed by atoms with Crippen molar-refractivity contribution in [3.8, 4) is 11.1 Å². The number of carbonyl (C=O) groups excluding carboxylic acids is 1. The highest BCUT2D eigenvalue weighted by molar-refractivity contribution is 5.79. The second-order valence-corrected chi connectivity index (χ2v) is 11.5. The molecule has 3 aliphatic rings. The number of benzene rings is 2. The summed E-state index contributed by atoms with van der Waals surface area (Å²) in [6, 6.07) is 17.1. The molecule has 4 nitrogen and oxygen atoms in total. The zero-order valence-electron chi connectivity index (χ0n) is 22.2. The van der Waals surface area contributed by atoms with Crippen LogP contribution in [-0.4, -0.2) is 40.4 Å². The Hall–Kier alpha value is -2.59. The van der Waals surface area contributed by atoms with E-state index in [9.17, 15) is 9.90 Å². The molecular weight excluding hydrogens is 458 g/mol. The molecule has 2 heterocycles. The molecule has 0 radical (unpaired) electrons. The first-order valence-corrected chi connectivity index (χ1v) is 14.6. The number of amides is 1. The molecule has 0 spiro atoms. The van der Waals surface area contributed by atoms with Gasteiger partial charge in [-0.3, -0.25) is 0 Å². The van der Waals surface area contributed by atoms with Crippen LogP contribution >= 0.6 is 0 Å². The summed E-state index contributed by atoms with van der Waals surface area (Å²) in [6.45, 7) is 4.15. The van der Waals surface area contributed by atoms with Gasteiger partial charge in [0.1, 0.15) is 6.61 Å². The molecule has 2 fully saturated rings. The van der Waals surface area contributed by atoms with Gasteiger partial charge in [-0.2, -0.15) is 0 Å². The van der Waals surface area contributed by atoms with Gasteiger partial charge in [-0.05, 0) is 73.6 Å². The number of aliphatic hydroxyl groups is 1. The molecule has 2 saturated heterocycles. The minimum absolute atomic E-state index is 0.0784. The fourth-order valence-corrected chi connectivity index (χ4v) is 7.15. The molecule has 0 saturated carbocycles. The Balaban J connectivity index is 1.15. The largest absolute Gasteiger partial charge is 0.448 e. The first-order valence-electron chi connectivity index (χ1n) is 14.6. The summed E-state index contributed by atoms with van der Waals surface area (Å²) in [4.78, 5) is 15.4. The molecule has 2 unspecified atom stereocenters. The average molecular weight is 502 g/mol. The zero-order valence-corrected chi connectivity index (χ0v) is 22.2. The summed E-state index contributed by atoms with van der Waals surface area (Å²) < 4.78 is 6.04. The Bertz CT molecular complexity index is 1020. The van der Waals surface area contributed by atoms with Gasteiger partial charge < -0.3 is 14.7 Å². The number of unbranched alkanes of at least 4 members (excludes halogenated alkanes) is 6. The van der Waals surface area contributed by atoms with Gasteiger partial charge in [0.15, 0.2) is 0 Å². The lowest BCUT2D eigenvalue weighted by Gasteiger charge is -2.51. The van der Waals surface area contributed by atoms with Gasteiger partial charge in [0.25, 0.3) is 0 Å². The summed E-state index contributed by atoms with van der Waals surface area (Å²) in [5.74, 6) is 0.0784. The lowest BCUT2D eigenvalue weighted by Crippen LogP contribution is -2.60. The maximum Gasteiger partial charge on any atom is 0.410 e. The van der Waals surface area contributed by atoms with Crippen molar-refractivity contribution in [1.82, 2.24) is 4.90 Å². The Kier molecular flexibility index (Phi) is 8.34. The van der Waals surface area contributed by atoms with E-state index in [2.05, 4.69) is 55.1 Å². The molecule has 1 amide bonds. The molecule has 0 aromatic heterocycles.